The summed E-state index contributed by atoms with van der Waals surface area (Å²) < 4.78 is 0. The van der Waals surface area contributed by atoms with Crippen LogP contribution < -0.4 is 0 Å². The summed E-state index contributed by atoms with van der Waals surface area (Å²) in [6.07, 6.45) is 22.5. The van der Waals surface area contributed by atoms with E-state index in [0.29, 0.717) is 0 Å². The van der Waals surface area contributed by atoms with Gasteiger partial charge in [0.05, 0.1) is 0 Å². The molecule has 0 atom stereocenters. The molecule has 1 radical (unpaired) electrons. The van der Waals surface area contributed by atoms with Gasteiger partial charge in [0.15, 0.2) is 0 Å². The fourth-order valence-corrected chi connectivity index (χ4v) is 1.02. The summed E-state index contributed by atoms with van der Waals surface area (Å²) in [5, 5.41) is 0. The van der Waals surface area contributed by atoms with Crippen molar-refractivity contribution in [3.05, 3.63) is 55.0 Å². The predicted octanol–water partition coefficient (Wildman–Crippen LogP) is 3.60. The maximum atomic E-state index is 2.21. The van der Waals surface area contributed by atoms with E-state index < -0.39 is 0 Å². The van der Waals surface area contributed by atoms with Gasteiger partial charge < -0.3 is 0 Å². The number of rotatable bonds is 0. The second-order valence-corrected chi connectivity index (χ2v) is 2.75. The average molecular weight is 159 g/mol. The largest absolute Gasteiger partial charge is 0.0845 e. The van der Waals surface area contributed by atoms with Crippen molar-refractivity contribution in [3.8, 4) is 0 Å². The van der Waals surface area contributed by atoms with Crippen molar-refractivity contribution in [3.63, 3.8) is 0 Å². The van der Waals surface area contributed by atoms with Crippen LogP contribution in [-0.4, -0.2) is 0 Å². The zero-order chi connectivity index (χ0) is 8.49. The first-order chi connectivity index (χ1) is 6.00. The third-order valence-electron chi connectivity index (χ3n) is 1.68. The smallest absolute Gasteiger partial charge is 0.0167 e. The minimum atomic E-state index is 1.18. The lowest BCUT2D eigenvalue weighted by molar-refractivity contribution is 0.843. The summed E-state index contributed by atoms with van der Waals surface area (Å²) in [6, 6.07) is 0. The van der Waals surface area contributed by atoms with E-state index in [1.807, 2.05) is 18.2 Å². The van der Waals surface area contributed by atoms with Gasteiger partial charge in [-0.25, -0.2) is 0 Å². The Morgan fingerprint density at radius 3 is 2.08 bits per heavy atom. The van der Waals surface area contributed by atoms with Gasteiger partial charge in [-0.3, -0.25) is 0 Å². The highest BCUT2D eigenvalue weighted by molar-refractivity contribution is 5.17. The Morgan fingerprint density at radius 2 is 1.25 bits per heavy atom. The molecule has 12 heavy (non-hydrogen) atoms. The molecular formula is C12H15. The molecule has 0 heterocycles. The van der Waals surface area contributed by atoms with E-state index in [2.05, 4.69) is 36.8 Å². The second-order valence-electron chi connectivity index (χ2n) is 2.75. The molecule has 0 amide bonds. The first-order valence-electron chi connectivity index (χ1n) is 4.48. The summed E-state index contributed by atoms with van der Waals surface area (Å²) in [5.74, 6) is 0. The van der Waals surface area contributed by atoms with Gasteiger partial charge in [-0.1, -0.05) is 48.6 Å². The van der Waals surface area contributed by atoms with Gasteiger partial charge in [-0.2, -0.15) is 0 Å². The molecule has 1 aliphatic rings. The van der Waals surface area contributed by atoms with Crippen LogP contribution in [0.1, 0.15) is 19.3 Å². The third-order valence-corrected chi connectivity index (χ3v) is 1.68. The van der Waals surface area contributed by atoms with Crippen molar-refractivity contribution < 1.29 is 0 Å². The Hall–Kier alpha value is -1.04. The first-order valence-corrected chi connectivity index (χ1v) is 4.48. The number of allylic oxidation sites excluding steroid dienone is 8. The molecule has 0 unspecified atom stereocenters. The molecule has 1 aliphatic carbocycles. The van der Waals surface area contributed by atoms with E-state index >= 15 is 0 Å². The van der Waals surface area contributed by atoms with Crippen LogP contribution in [-0.2, 0) is 0 Å². The molecule has 0 spiro atoms. The molecule has 0 fully saturated rings. The Morgan fingerprint density at radius 1 is 0.583 bits per heavy atom. The predicted molar refractivity (Wildman–Crippen MR) is 54.7 cm³/mol. The van der Waals surface area contributed by atoms with Crippen LogP contribution in [0.4, 0.5) is 0 Å². The van der Waals surface area contributed by atoms with Crippen molar-refractivity contribution in [1.29, 1.82) is 0 Å². The first kappa shape index (κ1) is 9.05. The van der Waals surface area contributed by atoms with E-state index in [9.17, 15) is 0 Å². The minimum absolute atomic E-state index is 1.18. The maximum Gasteiger partial charge on any atom is -0.0167 e. The maximum absolute atomic E-state index is 2.21. The van der Waals surface area contributed by atoms with Gasteiger partial charge in [-0.15, -0.1) is 0 Å². The Kier molecular flexibility index (Phi) is 5.02. The molecule has 0 nitrogen and oxygen atoms in total. The minimum Gasteiger partial charge on any atom is -0.0845 e. The molecule has 0 bridgehead atoms. The third kappa shape index (κ3) is 4.73. The van der Waals surface area contributed by atoms with Crippen LogP contribution in [0.25, 0.3) is 0 Å². The Labute approximate surface area is 75.0 Å². The highest BCUT2D eigenvalue weighted by Gasteiger charge is 1.82. The number of hydrogen-bond acceptors (Lipinski definition) is 0. The Balaban J connectivity index is 2.43. The van der Waals surface area contributed by atoms with E-state index in [1.54, 1.807) is 0 Å². The van der Waals surface area contributed by atoms with Crippen LogP contribution in [0.15, 0.2) is 48.6 Å². The number of hydrogen-bond donors (Lipinski definition) is 0. The average Bonchev–Trinajstić information content (AvgIpc) is 2.05. The van der Waals surface area contributed by atoms with Gasteiger partial charge in [0.1, 0.15) is 0 Å². The van der Waals surface area contributed by atoms with Gasteiger partial charge in [0.2, 0.25) is 0 Å². The van der Waals surface area contributed by atoms with Crippen molar-refractivity contribution in [2.24, 2.45) is 0 Å². The summed E-state index contributed by atoms with van der Waals surface area (Å²) in [5.41, 5.74) is 0. The van der Waals surface area contributed by atoms with E-state index in [0.717, 1.165) is 0 Å². The summed E-state index contributed by atoms with van der Waals surface area (Å²) in [6.45, 7) is 0. The molecule has 0 heteroatoms. The summed E-state index contributed by atoms with van der Waals surface area (Å²) in [7, 11) is 0. The lowest BCUT2D eigenvalue weighted by Gasteiger charge is -1.91. The SMILES string of the molecule is [CH]1/C=C/C=C\C=C\C=C/CCC1. The zero-order valence-electron chi connectivity index (χ0n) is 7.32. The van der Waals surface area contributed by atoms with Crippen molar-refractivity contribution >= 4 is 0 Å². The monoisotopic (exact) mass is 159 g/mol. The van der Waals surface area contributed by atoms with Crippen molar-refractivity contribution in [2.75, 3.05) is 0 Å². The van der Waals surface area contributed by atoms with Gasteiger partial charge >= 0.3 is 0 Å². The lowest BCUT2D eigenvalue weighted by atomic mass is 10.1. The van der Waals surface area contributed by atoms with Crippen molar-refractivity contribution in [2.45, 2.75) is 19.3 Å². The fraction of sp³-hybridized carbons (Fsp3) is 0.250. The summed E-state index contributed by atoms with van der Waals surface area (Å²) in [4.78, 5) is 0. The normalized spacial score (nSPS) is 29.3. The van der Waals surface area contributed by atoms with Crippen LogP contribution in [0.5, 0.6) is 0 Å². The van der Waals surface area contributed by atoms with Crippen LogP contribution >= 0.6 is 0 Å². The molecule has 0 saturated carbocycles. The molecule has 0 saturated heterocycles. The highest BCUT2D eigenvalue weighted by Crippen LogP contribution is 2.01. The highest BCUT2D eigenvalue weighted by atomic mass is 13.9. The molecule has 0 aromatic heterocycles. The van der Waals surface area contributed by atoms with Crippen LogP contribution in [0.3, 0.4) is 0 Å². The van der Waals surface area contributed by atoms with E-state index in [4.69, 9.17) is 0 Å². The molecule has 63 valence electrons. The molecule has 0 aromatic rings. The van der Waals surface area contributed by atoms with Gasteiger partial charge in [0.25, 0.3) is 0 Å². The van der Waals surface area contributed by atoms with Gasteiger partial charge in [0, 0.05) is 0 Å². The molecular weight excluding hydrogens is 144 g/mol. The fourth-order valence-electron chi connectivity index (χ4n) is 1.02. The molecule has 0 aliphatic heterocycles. The quantitative estimate of drug-likeness (QED) is 0.506. The topological polar surface area (TPSA) is 0 Å². The zero-order valence-corrected chi connectivity index (χ0v) is 7.32. The molecule has 1 rings (SSSR count). The van der Waals surface area contributed by atoms with E-state index in [-0.39, 0.29) is 0 Å². The summed E-state index contributed by atoms with van der Waals surface area (Å²) >= 11 is 0. The molecule has 0 aromatic carbocycles. The second kappa shape index (κ2) is 6.66. The van der Waals surface area contributed by atoms with E-state index in [1.165, 1.54) is 19.3 Å². The lowest BCUT2D eigenvalue weighted by Crippen LogP contribution is -1.73. The Bertz CT molecular complexity index is 180. The van der Waals surface area contributed by atoms with Gasteiger partial charge in [-0.05, 0) is 25.7 Å². The standard InChI is InChI=1S/C12H15/c1-2-4-6-8-10-12-11-9-7-5-3-1/h1-9H,10-12H2/b2-1-,5-3+,6-4+,9-7-. The van der Waals surface area contributed by atoms with Crippen molar-refractivity contribution in [1.82, 2.24) is 0 Å². The van der Waals surface area contributed by atoms with Crippen LogP contribution in [0.2, 0.25) is 0 Å². The molecule has 0 N–H and O–H groups in total. The van der Waals surface area contributed by atoms with Crippen LogP contribution in [0, 0.1) is 6.42 Å².